The number of carboxylic acid groups (broad SMARTS) is 1. The lowest BCUT2D eigenvalue weighted by molar-refractivity contribution is 0.0690. The zero-order valence-corrected chi connectivity index (χ0v) is 11.8. The van der Waals surface area contributed by atoms with Crippen LogP contribution in [0.3, 0.4) is 0 Å². The Kier molecular flexibility index (Phi) is 5.44. The molecule has 112 valence electrons. The van der Waals surface area contributed by atoms with Gasteiger partial charge in [0.05, 0.1) is 11.3 Å². The highest BCUT2D eigenvalue weighted by Gasteiger charge is 2.21. The van der Waals surface area contributed by atoms with E-state index in [1.807, 2.05) is 13.8 Å². The number of hydrogen-bond donors (Lipinski definition) is 2. The maximum Gasteiger partial charge on any atom is 0.338 e. The minimum absolute atomic E-state index is 0.0435. The van der Waals surface area contributed by atoms with E-state index in [0.29, 0.717) is 13.2 Å². The maximum absolute atomic E-state index is 13.7. The smallest absolute Gasteiger partial charge is 0.338 e. The molecular formula is C14H19F2NO3. The first-order chi connectivity index (χ1) is 9.28. The molecule has 0 amide bonds. The van der Waals surface area contributed by atoms with Crippen molar-refractivity contribution in [2.24, 2.45) is 5.41 Å². The maximum atomic E-state index is 13.7. The molecule has 0 aliphatic rings. The highest BCUT2D eigenvalue weighted by molar-refractivity contribution is 5.88. The average Bonchev–Trinajstić information content (AvgIpc) is 2.38. The van der Waals surface area contributed by atoms with E-state index in [4.69, 9.17) is 9.84 Å². The van der Waals surface area contributed by atoms with Gasteiger partial charge in [0.2, 0.25) is 0 Å². The Labute approximate surface area is 116 Å². The number of anilines is 1. The number of carboxylic acids is 1. The van der Waals surface area contributed by atoms with Crippen molar-refractivity contribution in [2.75, 3.05) is 25.6 Å². The molecule has 0 heterocycles. The summed E-state index contributed by atoms with van der Waals surface area (Å²) in [5.41, 5.74) is -0.880. The molecule has 1 rings (SSSR count). The number of benzene rings is 1. The van der Waals surface area contributed by atoms with Crippen molar-refractivity contribution < 1.29 is 23.4 Å². The van der Waals surface area contributed by atoms with Crippen LogP contribution in [-0.4, -0.2) is 31.3 Å². The lowest BCUT2D eigenvalue weighted by Crippen LogP contribution is -2.25. The summed E-state index contributed by atoms with van der Waals surface area (Å²) in [5, 5.41) is 11.5. The molecule has 0 radical (unpaired) electrons. The van der Waals surface area contributed by atoms with Crippen LogP contribution in [0.1, 0.15) is 30.6 Å². The second kappa shape index (κ2) is 6.65. The summed E-state index contributed by atoms with van der Waals surface area (Å²) in [7, 11) is 1.60. The van der Waals surface area contributed by atoms with Crippen LogP contribution in [0.25, 0.3) is 0 Å². The lowest BCUT2D eigenvalue weighted by atomic mass is 9.89. The molecule has 1 aromatic carbocycles. The molecule has 0 bridgehead atoms. The van der Waals surface area contributed by atoms with Gasteiger partial charge in [0, 0.05) is 20.3 Å². The van der Waals surface area contributed by atoms with Crippen molar-refractivity contribution in [3.8, 4) is 0 Å². The largest absolute Gasteiger partial charge is 0.478 e. The molecule has 0 saturated carbocycles. The lowest BCUT2D eigenvalue weighted by Gasteiger charge is -2.25. The van der Waals surface area contributed by atoms with Gasteiger partial charge >= 0.3 is 5.97 Å². The Hall–Kier alpha value is -1.69. The first-order valence-electron chi connectivity index (χ1n) is 6.22. The summed E-state index contributed by atoms with van der Waals surface area (Å²) < 4.78 is 32.2. The van der Waals surface area contributed by atoms with E-state index < -0.39 is 23.2 Å². The Balaban J connectivity index is 2.79. The predicted molar refractivity (Wildman–Crippen MR) is 72.1 cm³/mol. The summed E-state index contributed by atoms with van der Waals surface area (Å²) in [6.45, 7) is 4.93. The van der Waals surface area contributed by atoms with E-state index in [0.717, 1.165) is 12.5 Å². The number of methoxy groups -OCH3 is 1. The fraction of sp³-hybridized carbons (Fsp3) is 0.500. The second-order valence-electron chi connectivity index (χ2n) is 5.35. The summed E-state index contributed by atoms with van der Waals surface area (Å²) >= 11 is 0. The second-order valence-corrected chi connectivity index (χ2v) is 5.35. The molecule has 0 spiro atoms. The third kappa shape index (κ3) is 4.16. The summed E-state index contributed by atoms with van der Waals surface area (Å²) in [6.07, 6.45) is 0.758. The van der Waals surface area contributed by atoms with Gasteiger partial charge in [-0.1, -0.05) is 13.8 Å². The Morgan fingerprint density at radius 3 is 2.55 bits per heavy atom. The van der Waals surface area contributed by atoms with Crippen LogP contribution < -0.4 is 5.32 Å². The number of aromatic carboxylic acids is 1. The van der Waals surface area contributed by atoms with Gasteiger partial charge in [-0.15, -0.1) is 0 Å². The van der Waals surface area contributed by atoms with Crippen molar-refractivity contribution in [3.05, 3.63) is 29.3 Å². The number of ether oxygens (including phenoxy) is 1. The summed E-state index contributed by atoms with van der Waals surface area (Å²) in [4.78, 5) is 10.7. The first kappa shape index (κ1) is 16.4. The highest BCUT2D eigenvalue weighted by atomic mass is 19.2. The zero-order chi connectivity index (χ0) is 15.3. The molecule has 20 heavy (non-hydrogen) atoms. The quantitative estimate of drug-likeness (QED) is 0.809. The van der Waals surface area contributed by atoms with E-state index in [-0.39, 0.29) is 11.1 Å². The summed E-state index contributed by atoms with van der Waals surface area (Å²) in [5.74, 6) is -4.02. The molecule has 0 fully saturated rings. The molecule has 0 unspecified atom stereocenters. The van der Waals surface area contributed by atoms with Gasteiger partial charge in [-0.25, -0.2) is 13.6 Å². The Morgan fingerprint density at radius 1 is 1.35 bits per heavy atom. The van der Waals surface area contributed by atoms with Crippen LogP contribution in [-0.2, 0) is 4.74 Å². The van der Waals surface area contributed by atoms with Gasteiger partial charge < -0.3 is 15.2 Å². The highest BCUT2D eigenvalue weighted by Crippen LogP contribution is 2.24. The van der Waals surface area contributed by atoms with Crippen molar-refractivity contribution >= 4 is 11.7 Å². The van der Waals surface area contributed by atoms with Gasteiger partial charge in [-0.3, -0.25) is 0 Å². The topological polar surface area (TPSA) is 58.6 Å². The Morgan fingerprint density at radius 2 is 2.00 bits per heavy atom. The monoisotopic (exact) mass is 287 g/mol. The van der Waals surface area contributed by atoms with Gasteiger partial charge in [-0.2, -0.15) is 0 Å². The third-order valence-corrected chi connectivity index (χ3v) is 3.05. The molecule has 0 aliphatic carbocycles. The average molecular weight is 287 g/mol. The summed E-state index contributed by atoms with van der Waals surface area (Å²) in [6, 6.07) is 2.28. The van der Waals surface area contributed by atoms with Crippen LogP contribution >= 0.6 is 0 Å². The SMILES string of the molecule is COCCC(C)(C)CNc1ccc(C(=O)O)c(F)c1F. The van der Waals surface area contributed by atoms with Gasteiger partial charge in [0.25, 0.3) is 0 Å². The van der Waals surface area contributed by atoms with Gasteiger partial charge in [0.1, 0.15) is 0 Å². The fourth-order valence-electron chi connectivity index (χ4n) is 1.65. The van der Waals surface area contributed by atoms with Crippen LogP contribution in [0.5, 0.6) is 0 Å². The molecule has 4 nitrogen and oxygen atoms in total. The molecule has 0 aromatic heterocycles. The molecule has 2 N–H and O–H groups in total. The van der Waals surface area contributed by atoms with Crippen LogP contribution in [0.15, 0.2) is 12.1 Å². The van der Waals surface area contributed by atoms with Crippen molar-refractivity contribution in [2.45, 2.75) is 20.3 Å². The van der Waals surface area contributed by atoms with Crippen molar-refractivity contribution in [3.63, 3.8) is 0 Å². The van der Waals surface area contributed by atoms with Crippen LogP contribution in [0, 0.1) is 17.0 Å². The van der Waals surface area contributed by atoms with Crippen molar-refractivity contribution in [1.29, 1.82) is 0 Å². The van der Waals surface area contributed by atoms with Crippen LogP contribution in [0.4, 0.5) is 14.5 Å². The minimum Gasteiger partial charge on any atom is -0.478 e. The normalized spacial score (nSPS) is 11.4. The van der Waals surface area contributed by atoms with E-state index in [9.17, 15) is 13.6 Å². The van der Waals surface area contributed by atoms with Crippen LogP contribution in [0.2, 0.25) is 0 Å². The number of halogens is 2. The minimum atomic E-state index is -1.49. The number of carbonyl (C=O) groups is 1. The molecule has 1 aromatic rings. The van der Waals surface area contributed by atoms with Crippen molar-refractivity contribution in [1.82, 2.24) is 0 Å². The molecule has 0 aliphatic heterocycles. The first-order valence-corrected chi connectivity index (χ1v) is 6.22. The molecule has 0 saturated heterocycles. The Bertz CT molecular complexity index is 490. The fourth-order valence-corrected chi connectivity index (χ4v) is 1.65. The van der Waals surface area contributed by atoms with E-state index in [2.05, 4.69) is 5.32 Å². The predicted octanol–water partition coefficient (Wildman–Crippen LogP) is 3.14. The van der Waals surface area contributed by atoms with E-state index in [1.54, 1.807) is 7.11 Å². The third-order valence-electron chi connectivity index (χ3n) is 3.05. The van der Waals surface area contributed by atoms with E-state index >= 15 is 0 Å². The molecule has 6 heteroatoms. The standard InChI is InChI=1S/C14H19F2NO3/c1-14(2,6-7-20-3)8-17-10-5-4-9(13(18)19)11(15)12(10)16/h4-5,17H,6-8H2,1-3H3,(H,18,19). The number of nitrogens with one attached hydrogen (secondary N) is 1. The number of hydrogen-bond acceptors (Lipinski definition) is 3. The van der Waals surface area contributed by atoms with Gasteiger partial charge in [-0.05, 0) is 24.0 Å². The zero-order valence-electron chi connectivity index (χ0n) is 11.8. The van der Waals surface area contributed by atoms with E-state index in [1.165, 1.54) is 6.07 Å². The molecule has 0 atom stereocenters. The molecular weight excluding hydrogens is 268 g/mol. The van der Waals surface area contributed by atoms with Gasteiger partial charge in [0.15, 0.2) is 11.6 Å². The number of rotatable bonds is 7.